The van der Waals surface area contributed by atoms with Gasteiger partial charge in [-0.2, -0.15) is 0 Å². The molecule has 1 heterocycles. The molecule has 0 radical (unpaired) electrons. The number of carbonyl (C=O) groups is 1. The van der Waals surface area contributed by atoms with Crippen molar-refractivity contribution >= 4 is 29.0 Å². The zero-order chi connectivity index (χ0) is 17.6. The number of piperazine rings is 1. The number of carbonyl (C=O) groups excluding carboxylic acids is 1. The van der Waals surface area contributed by atoms with Crippen molar-refractivity contribution in [2.24, 2.45) is 0 Å². The quantitative estimate of drug-likeness (QED) is 0.875. The van der Waals surface area contributed by atoms with Crippen LogP contribution in [0.5, 0.6) is 0 Å². The van der Waals surface area contributed by atoms with Crippen LogP contribution < -0.4 is 10.6 Å². The molecule has 2 amide bonds. The number of nitrogens with zero attached hydrogens (tertiary/aromatic N) is 2. The van der Waals surface area contributed by atoms with Crippen molar-refractivity contribution in [2.75, 3.05) is 43.9 Å². The van der Waals surface area contributed by atoms with E-state index in [1.807, 2.05) is 24.3 Å². The number of halogens is 1. The van der Waals surface area contributed by atoms with Crippen molar-refractivity contribution in [3.8, 4) is 0 Å². The van der Waals surface area contributed by atoms with Gasteiger partial charge in [0.1, 0.15) is 0 Å². The van der Waals surface area contributed by atoms with Gasteiger partial charge in [-0.3, -0.25) is 4.90 Å². The first-order valence-corrected chi connectivity index (χ1v) is 8.80. The number of hydrogen-bond donors (Lipinski definition) is 2. The van der Waals surface area contributed by atoms with Crippen molar-refractivity contribution in [3.63, 3.8) is 0 Å². The normalized spacial score (nSPS) is 15.8. The fourth-order valence-corrected chi connectivity index (χ4v) is 2.99. The monoisotopic (exact) mass is 358 g/mol. The Morgan fingerprint density at radius 2 is 1.68 bits per heavy atom. The Morgan fingerprint density at radius 3 is 2.36 bits per heavy atom. The summed E-state index contributed by atoms with van der Waals surface area (Å²) in [5.74, 6) is 0. The van der Waals surface area contributed by atoms with E-state index in [1.165, 1.54) is 5.56 Å². The van der Waals surface area contributed by atoms with Gasteiger partial charge in [-0.05, 0) is 36.9 Å². The molecule has 6 heteroatoms. The number of amides is 2. The molecule has 0 aromatic heterocycles. The van der Waals surface area contributed by atoms with Crippen LogP contribution in [0.2, 0.25) is 5.02 Å². The molecule has 0 bridgehead atoms. The van der Waals surface area contributed by atoms with Crippen molar-refractivity contribution in [1.82, 2.24) is 9.80 Å². The summed E-state index contributed by atoms with van der Waals surface area (Å²) < 4.78 is 0. The maximum atomic E-state index is 12.1. The largest absolute Gasteiger partial charge is 0.323 e. The lowest BCUT2D eigenvalue weighted by Crippen LogP contribution is -2.43. The Bertz CT molecular complexity index is 712. The van der Waals surface area contributed by atoms with Crippen LogP contribution in [-0.2, 0) is 6.54 Å². The Kier molecular flexibility index (Phi) is 5.91. The number of urea groups is 1. The lowest BCUT2D eigenvalue weighted by atomic mass is 10.2. The number of anilines is 2. The predicted octanol–water partition coefficient (Wildman–Crippen LogP) is 3.73. The topological polar surface area (TPSA) is 47.6 Å². The first-order chi connectivity index (χ1) is 12.1. The van der Waals surface area contributed by atoms with Crippen LogP contribution in [0.15, 0.2) is 48.5 Å². The van der Waals surface area contributed by atoms with Crippen LogP contribution in [0.3, 0.4) is 0 Å². The van der Waals surface area contributed by atoms with Gasteiger partial charge in [0.15, 0.2) is 0 Å². The highest BCUT2D eigenvalue weighted by atomic mass is 35.5. The smallest absolute Gasteiger partial charge is 0.308 e. The second-order valence-electron chi connectivity index (χ2n) is 6.34. The van der Waals surface area contributed by atoms with E-state index in [4.69, 9.17) is 11.6 Å². The number of nitrogens with one attached hydrogen (secondary N) is 2. The Balaban J connectivity index is 1.52. The van der Waals surface area contributed by atoms with Crippen LogP contribution in [0, 0.1) is 0 Å². The van der Waals surface area contributed by atoms with Gasteiger partial charge in [0, 0.05) is 38.4 Å². The molecule has 2 N–H and O–H groups in total. The molecule has 2 aromatic rings. The molecular formula is C19H23ClN4O. The Morgan fingerprint density at radius 1 is 1.00 bits per heavy atom. The molecule has 0 saturated carbocycles. The van der Waals surface area contributed by atoms with Crippen molar-refractivity contribution in [3.05, 3.63) is 59.1 Å². The number of likely N-dealkylation sites (N-methyl/N-ethyl adjacent to an activating group) is 1. The van der Waals surface area contributed by atoms with Crippen molar-refractivity contribution in [2.45, 2.75) is 6.54 Å². The van der Waals surface area contributed by atoms with E-state index < -0.39 is 0 Å². The molecule has 3 rings (SSSR count). The number of benzene rings is 2. The standard InChI is InChI=1S/C19H23ClN4O/c1-23-10-12-24(13-11-23)14-15-6-8-16(9-7-15)21-19(25)22-18-5-3-2-4-17(18)20/h2-9H,10-14H2,1H3,(H2,21,22,25). The van der Waals surface area contributed by atoms with E-state index in [2.05, 4.69) is 39.6 Å². The highest BCUT2D eigenvalue weighted by Gasteiger charge is 2.13. The van der Waals surface area contributed by atoms with Crippen LogP contribution in [0.1, 0.15) is 5.56 Å². The zero-order valence-electron chi connectivity index (χ0n) is 14.3. The maximum absolute atomic E-state index is 12.1. The van der Waals surface area contributed by atoms with Crippen molar-refractivity contribution in [1.29, 1.82) is 0 Å². The maximum Gasteiger partial charge on any atom is 0.323 e. The molecule has 0 aliphatic carbocycles. The summed E-state index contributed by atoms with van der Waals surface area (Å²) in [5.41, 5.74) is 2.60. The van der Waals surface area contributed by atoms with Gasteiger partial charge in [-0.25, -0.2) is 4.79 Å². The summed E-state index contributed by atoms with van der Waals surface area (Å²) in [7, 11) is 2.16. The molecule has 132 valence electrons. The second-order valence-corrected chi connectivity index (χ2v) is 6.74. The molecule has 1 fully saturated rings. The zero-order valence-corrected chi connectivity index (χ0v) is 15.1. The third kappa shape index (κ3) is 5.19. The van der Waals surface area contributed by atoms with Crippen molar-refractivity contribution < 1.29 is 4.79 Å². The third-order valence-electron chi connectivity index (χ3n) is 4.34. The summed E-state index contributed by atoms with van der Waals surface area (Å²) >= 11 is 6.04. The average Bonchev–Trinajstić information content (AvgIpc) is 2.61. The highest BCUT2D eigenvalue weighted by Crippen LogP contribution is 2.21. The minimum Gasteiger partial charge on any atom is -0.308 e. The molecule has 0 atom stereocenters. The van der Waals surface area contributed by atoms with E-state index in [1.54, 1.807) is 12.1 Å². The molecular weight excluding hydrogens is 336 g/mol. The second kappa shape index (κ2) is 8.34. The molecule has 2 aromatic carbocycles. The fourth-order valence-electron chi connectivity index (χ4n) is 2.80. The van der Waals surface area contributed by atoms with Crippen LogP contribution in [0.25, 0.3) is 0 Å². The Hall–Kier alpha value is -2.08. The summed E-state index contributed by atoms with van der Waals surface area (Å²) in [4.78, 5) is 16.9. The highest BCUT2D eigenvalue weighted by molar-refractivity contribution is 6.33. The summed E-state index contributed by atoms with van der Waals surface area (Å²) in [6.45, 7) is 5.36. The summed E-state index contributed by atoms with van der Waals surface area (Å²) in [6, 6.07) is 14.8. The summed E-state index contributed by atoms with van der Waals surface area (Å²) in [5, 5.41) is 6.09. The van der Waals surface area contributed by atoms with Gasteiger partial charge in [-0.1, -0.05) is 35.9 Å². The summed E-state index contributed by atoms with van der Waals surface area (Å²) in [6.07, 6.45) is 0. The lowest BCUT2D eigenvalue weighted by Gasteiger charge is -2.32. The van der Waals surface area contributed by atoms with Crippen LogP contribution in [0.4, 0.5) is 16.2 Å². The van der Waals surface area contributed by atoms with Gasteiger partial charge < -0.3 is 15.5 Å². The average molecular weight is 359 g/mol. The molecule has 0 unspecified atom stereocenters. The number of para-hydroxylation sites is 1. The third-order valence-corrected chi connectivity index (χ3v) is 4.67. The number of hydrogen-bond acceptors (Lipinski definition) is 3. The first-order valence-electron chi connectivity index (χ1n) is 8.42. The molecule has 25 heavy (non-hydrogen) atoms. The molecule has 0 spiro atoms. The van der Waals surface area contributed by atoms with E-state index in [0.29, 0.717) is 10.7 Å². The molecule has 1 saturated heterocycles. The van der Waals surface area contributed by atoms with Crippen LogP contribution >= 0.6 is 11.6 Å². The van der Waals surface area contributed by atoms with E-state index in [-0.39, 0.29) is 6.03 Å². The lowest BCUT2D eigenvalue weighted by molar-refractivity contribution is 0.148. The van der Waals surface area contributed by atoms with Gasteiger partial charge >= 0.3 is 6.03 Å². The van der Waals surface area contributed by atoms with Gasteiger partial charge in [0.25, 0.3) is 0 Å². The Labute approximate surface area is 153 Å². The van der Waals surface area contributed by atoms with Gasteiger partial charge in [0.2, 0.25) is 0 Å². The van der Waals surface area contributed by atoms with E-state index in [9.17, 15) is 4.79 Å². The minimum absolute atomic E-state index is 0.306. The SMILES string of the molecule is CN1CCN(Cc2ccc(NC(=O)Nc3ccccc3Cl)cc2)CC1. The fraction of sp³-hybridized carbons (Fsp3) is 0.316. The predicted molar refractivity (Wildman–Crippen MR) is 103 cm³/mol. The number of rotatable bonds is 4. The van der Waals surface area contributed by atoms with E-state index in [0.717, 1.165) is 38.4 Å². The minimum atomic E-state index is -0.306. The molecule has 1 aliphatic heterocycles. The first kappa shape index (κ1) is 17.7. The van der Waals surface area contributed by atoms with Gasteiger partial charge in [-0.15, -0.1) is 0 Å². The molecule has 1 aliphatic rings. The van der Waals surface area contributed by atoms with Crippen LogP contribution in [-0.4, -0.2) is 49.1 Å². The molecule has 5 nitrogen and oxygen atoms in total. The van der Waals surface area contributed by atoms with E-state index >= 15 is 0 Å². The van der Waals surface area contributed by atoms with Gasteiger partial charge in [0.05, 0.1) is 10.7 Å².